The van der Waals surface area contributed by atoms with Crippen molar-refractivity contribution in [2.75, 3.05) is 20.1 Å². The van der Waals surface area contributed by atoms with Crippen molar-refractivity contribution >= 4 is 35.0 Å². The Morgan fingerprint density at radius 3 is 1.83 bits per heavy atom. The number of hydrogen-bond donors (Lipinski definition) is 2. The summed E-state index contributed by atoms with van der Waals surface area (Å²) in [4.78, 5) is 23.9. The summed E-state index contributed by atoms with van der Waals surface area (Å²) in [5.41, 5.74) is 6.29. The summed E-state index contributed by atoms with van der Waals surface area (Å²) in [7, 11) is 3.18. The minimum absolute atomic E-state index is 0.0309. The first kappa shape index (κ1) is 26.0. The maximum absolute atomic E-state index is 12.6. The fourth-order valence-corrected chi connectivity index (χ4v) is 3.31. The summed E-state index contributed by atoms with van der Waals surface area (Å²) >= 11 is 12.0. The number of methoxy groups -OCH3 is 2. The highest BCUT2D eigenvalue weighted by Crippen LogP contribution is 2.39. The zero-order valence-electron chi connectivity index (χ0n) is 19.1. The number of ether oxygens (including phenoxy) is 4. The molecule has 3 aromatic rings. The monoisotopic (exact) mass is 518 g/mol. The molecule has 0 aliphatic carbocycles. The molecular weight excluding hydrogens is 495 g/mol. The van der Waals surface area contributed by atoms with Crippen LogP contribution in [0, 0.1) is 0 Å². The zero-order valence-corrected chi connectivity index (χ0v) is 20.6. The lowest BCUT2D eigenvalue weighted by Crippen LogP contribution is -2.42. The molecule has 0 saturated heterocycles. The number of carbonyl (C=O) groups is 2. The van der Waals surface area contributed by atoms with E-state index in [4.69, 9.17) is 42.1 Å². The van der Waals surface area contributed by atoms with Crippen LogP contribution in [0.1, 0.15) is 21.5 Å². The molecule has 184 valence electrons. The van der Waals surface area contributed by atoms with Gasteiger partial charge in [0.05, 0.1) is 24.8 Å². The third kappa shape index (κ3) is 7.18. The number of hydrogen-bond acceptors (Lipinski definition) is 6. The van der Waals surface area contributed by atoms with Gasteiger partial charge in [-0.1, -0.05) is 35.9 Å². The van der Waals surface area contributed by atoms with E-state index in [-0.39, 0.29) is 35.4 Å². The number of benzene rings is 3. The molecule has 0 unspecified atom stereocenters. The first-order valence-corrected chi connectivity index (χ1v) is 11.4. The van der Waals surface area contributed by atoms with Crippen molar-refractivity contribution in [2.45, 2.75) is 13.2 Å². The molecule has 0 fully saturated rings. The van der Waals surface area contributed by atoms with Gasteiger partial charge in [-0.15, -0.1) is 11.6 Å². The Balaban J connectivity index is 1.82. The van der Waals surface area contributed by atoms with Crippen LogP contribution in [0.25, 0.3) is 0 Å². The molecule has 0 saturated carbocycles. The van der Waals surface area contributed by atoms with Gasteiger partial charge in [-0.05, 0) is 47.5 Å². The molecule has 0 aliphatic rings. The normalized spacial score (nSPS) is 10.3. The second-order valence-corrected chi connectivity index (χ2v) is 7.81. The number of hydrazine groups is 1. The third-order valence-corrected chi connectivity index (χ3v) is 5.46. The Bertz CT molecular complexity index is 1150. The summed E-state index contributed by atoms with van der Waals surface area (Å²) in [5.74, 6) is 0.483. The van der Waals surface area contributed by atoms with Gasteiger partial charge in [-0.3, -0.25) is 20.4 Å². The Morgan fingerprint density at radius 1 is 0.771 bits per heavy atom. The van der Waals surface area contributed by atoms with E-state index in [9.17, 15) is 9.59 Å². The molecule has 3 rings (SSSR count). The van der Waals surface area contributed by atoms with Crippen molar-refractivity contribution in [3.05, 3.63) is 82.4 Å². The van der Waals surface area contributed by atoms with E-state index in [0.717, 1.165) is 16.9 Å². The van der Waals surface area contributed by atoms with Crippen LogP contribution in [0.4, 0.5) is 0 Å². The fourth-order valence-electron chi connectivity index (χ4n) is 2.95. The second kappa shape index (κ2) is 12.7. The van der Waals surface area contributed by atoms with E-state index in [2.05, 4.69) is 10.9 Å². The van der Waals surface area contributed by atoms with Gasteiger partial charge >= 0.3 is 0 Å². The highest BCUT2D eigenvalue weighted by atomic mass is 35.5. The minimum Gasteiger partial charge on any atom is -0.497 e. The minimum atomic E-state index is -0.635. The average molecular weight is 519 g/mol. The SMILES string of the molecule is COc1ccc(COc2ccc(C(=O)NNC(=O)CCl)c(Cl)c2OCc2ccc(OC)cc2)cc1. The quantitative estimate of drug-likeness (QED) is 0.302. The van der Waals surface area contributed by atoms with E-state index < -0.39 is 11.8 Å². The van der Waals surface area contributed by atoms with Gasteiger partial charge in [-0.25, -0.2) is 0 Å². The fraction of sp³-hybridized carbons (Fsp3) is 0.200. The van der Waals surface area contributed by atoms with Crippen LogP contribution in [0.15, 0.2) is 60.7 Å². The Morgan fingerprint density at radius 2 is 1.31 bits per heavy atom. The molecule has 10 heteroatoms. The van der Waals surface area contributed by atoms with Crippen LogP contribution in [-0.2, 0) is 18.0 Å². The van der Waals surface area contributed by atoms with Gasteiger partial charge < -0.3 is 18.9 Å². The maximum Gasteiger partial charge on any atom is 0.271 e. The van der Waals surface area contributed by atoms with Crippen molar-refractivity contribution < 1.29 is 28.5 Å². The molecule has 0 spiro atoms. The molecule has 0 aromatic heterocycles. The number of rotatable bonds is 10. The van der Waals surface area contributed by atoms with Crippen LogP contribution in [-0.4, -0.2) is 31.9 Å². The van der Waals surface area contributed by atoms with Crippen LogP contribution >= 0.6 is 23.2 Å². The number of halogens is 2. The molecule has 3 aromatic carbocycles. The summed E-state index contributed by atoms with van der Waals surface area (Å²) in [6.07, 6.45) is 0. The van der Waals surface area contributed by atoms with Crippen molar-refractivity contribution in [3.8, 4) is 23.0 Å². The predicted molar refractivity (Wildman–Crippen MR) is 132 cm³/mol. The average Bonchev–Trinajstić information content (AvgIpc) is 2.90. The molecule has 0 aliphatic heterocycles. The second-order valence-electron chi connectivity index (χ2n) is 7.16. The van der Waals surface area contributed by atoms with Gasteiger partial charge in [0.1, 0.15) is 30.6 Å². The molecule has 0 atom stereocenters. The van der Waals surface area contributed by atoms with E-state index in [1.165, 1.54) is 6.07 Å². The summed E-state index contributed by atoms with van der Waals surface area (Å²) in [6, 6.07) is 17.8. The van der Waals surface area contributed by atoms with Crippen LogP contribution in [0.2, 0.25) is 5.02 Å². The van der Waals surface area contributed by atoms with E-state index in [1.807, 2.05) is 48.5 Å². The van der Waals surface area contributed by atoms with Crippen molar-refractivity contribution in [2.24, 2.45) is 0 Å². The first-order valence-electron chi connectivity index (χ1n) is 10.4. The van der Waals surface area contributed by atoms with Crippen LogP contribution < -0.4 is 29.8 Å². The standard InChI is InChI=1S/C25H24Cl2N2O6/c1-32-18-7-3-16(4-8-18)14-34-21-12-11-20(25(31)29-28-22(30)13-26)23(27)24(21)35-15-17-5-9-19(33-2)10-6-17/h3-12H,13-15H2,1-2H3,(H,28,30)(H,29,31). The van der Waals surface area contributed by atoms with Gasteiger partial charge in [0.15, 0.2) is 11.5 Å². The summed E-state index contributed by atoms with van der Waals surface area (Å²) < 4.78 is 22.3. The lowest BCUT2D eigenvalue weighted by atomic mass is 10.1. The van der Waals surface area contributed by atoms with Gasteiger partial charge in [0.2, 0.25) is 0 Å². The summed E-state index contributed by atoms with van der Waals surface area (Å²) in [6.45, 7) is 0.396. The number of carbonyl (C=O) groups excluding carboxylic acids is 2. The van der Waals surface area contributed by atoms with E-state index in [1.54, 1.807) is 20.3 Å². The maximum atomic E-state index is 12.6. The van der Waals surface area contributed by atoms with Crippen LogP contribution in [0.3, 0.4) is 0 Å². The number of amides is 2. The molecular formula is C25H24Cl2N2O6. The van der Waals surface area contributed by atoms with Gasteiger partial charge in [0.25, 0.3) is 11.8 Å². The van der Waals surface area contributed by atoms with Crippen molar-refractivity contribution in [3.63, 3.8) is 0 Å². The predicted octanol–water partition coefficient (Wildman–Crippen LogP) is 4.52. The largest absolute Gasteiger partial charge is 0.497 e. The lowest BCUT2D eigenvalue weighted by Gasteiger charge is -2.17. The zero-order chi connectivity index (χ0) is 25.2. The van der Waals surface area contributed by atoms with Crippen molar-refractivity contribution in [1.82, 2.24) is 10.9 Å². The number of alkyl halides is 1. The van der Waals surface area contributed by atoms with Gasteiger partial charge in [-0.2, -0.15) is 0 Å². The first-order chi connectivity index (χ1) is 16.9. The molecule has 2 N–H and O–H groups in total. The molecule has 0 bridgehead atoms. The van der Waals surface area contributed by atoms with Crippen LogP contribution in [0.5, 0.6) is 23.0 Å². The van der Waals surface area contributed by atoms with E-state index >= 15 is 0 Å². The third-order valence-electron chi connectivity index (χ3n) is 4.84. The molecule has 0 heterocycles. The Labute approximate surface area is 213 Å². The van der Waals surface area contributed by atoms with Crippen molar-refractivity contribution in [1.29, 1.82) is 0 Å². The Hall–Kier alpha value is -3.62. The smallest absolute Gasteiger partial charge is 0.271 e. The van der Waals surface area contributed by atoms with E-state index in [0.29, 0.717) is 11.5 Å². The topological polar surface area (TPSA) is 95.1 Å². The van der Waals surface area contributed by atoms with Gasteiger partial charge in [0, 0.05) is 0 Å². The molecule has 35 heavy (non-hydrogen) atoms. The Kier molecular flexibility index (Phi) is 9.46. The number of nitrogens with one attached hydrogen (secondary N) is 2. The molecule has 2 amide bonds. The molecule has 8 nitrogen and oxygen atoms in total. The highest BCUT2D eigenvalue weighted by molar-refractivity contribution is 6.35. The lowest BCUT2D eigenvalue weighted by molar-refractivity contribution is -0.119. The summed E-state index contributed by atoms with van der Waals surface area (Å²) in [5, 5.41) is 0.0309. The molecule has 0 radical (unpaired) electrons. The highest BCUT2D eigenvalue weighted by Gasteiger charge is 2.20.